The van der Waals surface area contributed by atoms with Crippen LogP contribution in [0.25, 0.3) is 0 Å². The zero-order chi connectivity index (χ0) is 66.2. The summed E-state index contributed by atoms with van der Waals surface area (Å²) in [5.41, 5.74) is 2.30. The molecule has 2 saturated heterocycles. The summed E-state index contributed by atoms with van der Waals surface area (Å²) in [5, 5.41) is 35.2. The van der Waals surface area contributed by atoms with Gasteiger partial charge in [-0.3, -0.25) is 43.7 Å². The molecule has 7 amide bonds. The number of unbranched alkanes of at least 4 members (excludes halogenated alkanes) is 5. The standard InChI is InChI=1S/C66H80F2N10O12S2/c1-43(73-65(85)60(47-15-6-3-7-16-47)75-59(81)37-46-35-51(67)39-52(68)36-46)63(83)72-41-45-23-27-49(28-24-45)62(82)48-25-21-44(22-26-48)40-69-31-12-5-9-20-58(80)70-33-14-34-77(2)92(89,90)57-30-29-50(38-55(57)78(87)88)64(84)71-32-13-4-8-17-53(79)18-10-11-19-56-61-54(42-91-56)74-66(86)76-61/h3,6-7,15-16,21-30,35-36,38-39,43,54,56,60-61,69H,4-5,8-14,17-20,31-34,37,40-42H2,1-2H3,(H,70,80)(H,71,84)(H,72,83)(H,73,85)(H,75,81)(H2,74,76,86)/t43-,54-,56-,60-,61-/m0/s1. The number of hydrogen-bond acceptors (Lipinski definition) is 14. The molecule has 8 N–H and O–H groups in total. The number of halogens is 2. The highest BCUT2D eigenvalue weighted by atomic mass is 32.2. The smallest absolute Gasteiger partial charge is 0.315 e. The Hall–Kier alpha value is -8.46. The van der Waals surface area contributed by atoms with Gasteiger partial charge in [-0.15, -0.1) is 0 Å². The first-order valence-electron chi connectivity index (χ1n) is 31.0. The minimum atomic E-state index is -4.34. The number of hydrogen-bond donors (Lipinski definition) is 8. The number of nitro benzene ring substituents is 1. The fraction of sp³-hybridized carbons (Fsp3) is 0.424. The van der Waals surface area contributed by atoms with E-state index in [4.69, 9.17) is 0 Å². The van der Waals surface area contributed by atoms with Gasteiger partial charge in [0.15, 0.2) is 10.7 Å². The van der Waals surface area contributed by atoms with Crippen molar-refractivity contribution in [2.45, 2.75) is 144 Å². The number of thioether (sulfide) groups is 1. The number of carbonyl (C=O) groups is 8. The number of nitrogens with one attached hydrogen (secondary N) is 8. The highest BCUT2D eigenvalue weighted by molar-refractivity contribution is 8.00. The van der Waals surface area contributed by atoms with Crippen LogP contribution in [0.2, 0.25) is 0 Å². The maximum atomic E-state index is 13.7. The molecule has 5 aromatic rings. The highest BCUT2D eigenvalue weighted by Gasteiger charge is 2.42. The van der Waals surface area contributed by atoms with E-state index in [1.807, 2.05) is 23.9 Å². The first-order valence-corrected chi connectivity index (χ1v) is 33.4. The molecule has 0 saturated carbocycles. The van der Waals surface area contributed by atoms with Crippen molar-refractivity contribution in [2.24, 2.45) is 0 Å². The Morgan fingerprint density at radius 2 is 1.28 bits per heavy atom. The average Bonchev–Trinajstić information content (AvgIpc) is 1.02. The number of nitro groups is 1. The van der Waals surface area contributed by atoms with Crippen molar-refractivity contribution in [1.29, 1.82) is 0 Å². The van der Waals surface area contributed by atoms with Gasteiger partial charge in [0.25, 0.3) is 11.6 Å². The fourth-order valence-corrected chi connectivity index (χ4v) is 13.6. The zero-order valence-corrected chi connectivity index (χ0v) is 53.2. The van der Waals surface area contributed by atoms with E-state index in [0.29, 0.717) is 85.2 Å². The van der Waals surface area contributed by atoms with Crippen LogP contribution in [0.5, 0.6) is 0 Å². The molecule has 0 radical (unpaired) electrons. The van der Waals surface area contributed by atoms with E-state index in [1.165, 1.54) is 20.0 Å². The quantitative estimate of drug-likeness (QED) is 0.00629. The predicted molar refractivity (Wildman–Crippen MR) is 344 cm³/mol. The number of carbonyl (C=O) groups excluding carboxylic acids is 8. The Balaban J connectivity index is 0.712. The minimum Gasteiger partial charge on any atom is -0.356 e. The normalized spacial score (nSPS) is 15.7. The number of Topliss-reactive ketones (excluding diaryl/α,β-unsaturated/α-hetero) is 1. The van der Waals surface area contributed by atoms with Gasteiger partial charge in [-0.25, -0.2) is 26.3 Å². The summed E-state index contributed by atoms with van der Waals surface area (Å²) in [6.45, 7) is 3.25. The molecule has 2 heterocycles. The van der Waals surface area contributed by atoms with Crippen molar-refractivity contribution in [3.05, 3.63) is 176 Å². The van der Waals surface area contributed by atoms with Crippen molar-refractivity contribution in [1.82, 2.24) is 46.8 Å². The van der Waals surface area contributed by atoms with E-state index in [0.717, 1.165) is 72.0 Å². The van der Waals surface area contributed by atoms with Crippen molar-refractivity contribution in [2.75, 3.05) is 39.0 Å². The molecule has 92 heavy (non-hydrogen) atoms. The van der Waals surface area contributed by atoms with E-state index >= 15 is 0 Å². The monoisotopic (exact) mass is 1310 g/mol. The topological polar surface area (TPSA) is 313 Å². The van der Waals surface area contributed by atoms with Crippen LogP contribution in [0.3, 0.4) is 0 Å². The van der Waals surface area contributed by atoms with Crippen molar-refractivity contribution >= 4 is 74.6 Å². The predicted octanol–water partition coefficient (Wildman–Crippen LogP) is 7.39. The lowest BCUT2D eigenvalue weighted by Gasteiger charge is -2.22. The molecule has 26 heteroatoms. The van der Waals surface area contributed by atoms with Gasteiger partial charge < -0.3 is 42.5 Å². The highest BCUT2D eigenvalue weighted by Crippen LogP contribution is 2.33. The number of ketones is 2. The van der Waals surface area contributed by atoms with Gasteiger partial charge in [0.1, 0.15) is 29.5 Å². The van der Waals surface area contributed by atoms with Crippen LogP contribution in [0.4, 0.5) is 19.3 Å². The SMILES string of the molecule is C[C@H](NC(=O)[C@@H](NC(=O)Cc1cc(F)cc(F)c1)c1ccccc1)C(=O)NCc1ccc(C(=O)c2ccc(CNCCCCCC(=O)NCCCN(C)S(=O)(=O)c3ccc(C(=O)NCCCCCC(=O)CCCC[C@@H]4SC[C@@H]5NC(=O)N[C@@H]54)cc3[N+](=O)[O-])cc2)cc1. The maximum absolute atomic E-state index is 13.7. The van der Waals surface area contributed by atoms with Gasteiger partial charge in [0.2, 0.25) is 33.7 Å². The Bertz CT molecular complexity index is 3490. The molecule has 2 fully saturated rings. The van der Waals surface area contributed by atoms with Crippen LogP contribution in [-0.4, -0.2) is 127 Å². The van der Waals surface area contributed by atoms with Crippen molar-refractivity contribution in [3.8, 4) is 0 Å². The second kappa shape index (κ2) is 35.4. The number of sulfonamides is 1. The molecule has 0 unspecified atom stereocenters. The van der Waals surface area contributed by atoms with Crippen LogP contribution < -0.4 is 42.5 Å². The molecule has 7 rings (SSSR count). The lowest BCUT2D eigenvalue weighted by Crippen LogP contribution is -2.49. The Kier molecular flexibility index (Phi) is 27.3. The number of benzene rings is 5. The Morgan fingerprint density at radius 3 is 1.96 bits per heavy atom. The molecule has 5 aromatic carbocycles. The molecule has 0 spiro atoms. The third kappa shape index (κ3) is 21.9. The molecule has 0 aromatic heterocycles. The summed E-state index contributed by atoms with van der Waals surface area (Å²) >= 11 is 1.85. The molecule has 492 valence electrons. The van der Waals surface area contributed by atoms with Crippen LogP contribution in [0.1, 0.15) is 145 Å². The van der Waals surface area contributed by atoms with Gasteiger partial charge in [0, 0.05) is 98.9 Å². The first kappa shape index (κ1) is 71.0. The lowest BCUT2D eigenvalue weighted by molar-refractivity contribution is -0.387. The molecular formula is C66H80F2N10O12S2. The summed E-state index contributed by atoms with van der Waals surface area (Å²) in [7, 11) is -3.05. The summed E-state index contributed by atoms with van der Waals surface area (Å²) in [6.07, 6.45) is 7.89. The largest absolute Gasteiger partial charge is 0.356 e. The number of fused-ring (bicyclic) bond motifs is 1. The molecule has 0 aliphatic carbocycles. The van der Waals surface area contributed by atoms with E-state index < -0.39 is 72.9 Å². The van der Waals surface area contributed by atoms with Gasteiger partial charge in [-0.2, -0.15) is 11.8 Å². The molecule has 22 nitrogen and oxygen atoms in total. The molecule has 0 bridgehead atoms. The summed E-state index contributed by atoms with van der Waals surface area (Å²) in [4.78, 5) is 113. The fourth-order valence-electron chi connectivity index (χ4n) is 10.7. The third-order valence-electron chi connectivity index (χ3n) is 15.9. The summed E-state index contributed by atoms with van der Waals surface area (Å²) in [5.74, 6) is -3.41. The molecular weight excluding hydrogens is 1230 g/mol. The van der Waals surface area contributed by atoms with Crippen LogP contribution in [0.15, 0.2) is 120 Å². The average molecular weight is 1310 g/mol. The summed E-state index contributed by atoms with van der Waals surface area (Å²) in [6, 6.07) is 26.3. The van der Waals surface area contributed by atoms with E-state index in [2.05, 4.69) is 42.5 Å². The Labute approximate surface area is 538 Å². The van der Waals surface area contributed by atoms with Crippen molar-refractivity contribution < 1.29 is 60.5 Å². The second-order valence-electron chi connectivity index (χ2n) is 23.0. The Morgan fingerprint density at radius 1 is 0.663 bits per heavy atom. The summed E-state index contributed by atoms with van der Waals surface area (Å²) < 4.78 is 55.4. The van der Waals surface area contributed by atoms with Gasteiger partial charge in [0.05, 0.1) is 23.4 Å². The van der Waals surface area contributed by atoms with Gasteiger partial charge >= 0.3 is 6.03 Å². The van der Waals surface area contributed by atoms with E-state index in [9.17, 15) is 65.7 Å². The number of urea groups is 1. The van der Waals surface area contributed by atoms with Crippen LogP contribution in [-0.2, 0) is 53.5 Å². The second-order valence-corrected chi connectivity index (χ2v) is 26.3. The molecule has 5 atom stereocenters. The number of nitrogens with zero attached hydrogens (tertiary/aromatic N) is 2. The molecule has 2 aliphatic heterocycles. The third-order valence-corrected chi connectivity index (χ3v) is 19.3. The van der Waals surface area contributed by atoms with Crippen molar-refractivity contribution in [3.63, 3.8) is 0 Å². The van der Waals surface area contributed by atoms with Crippen LogP contribution >= 0.6 is 11.8 Å². The van der Waals surface area contributed by atoms with E-state index in [-0.39, 0.29) is 92.2 Å². The van der Waals surface area contributed by atoms with Crippen LogP contribution in [0, 0.1) is 21.7 Å². The van der Waals surface area contributed by atoms with Gasteiger partial charge in [-0.1, -0.05) is 98.1 Å². The maximum Gasteiger partial charge on any atom is 0.315 e. The number of amides is 7. The minimum absolute atomic E-state index is 0.0358. The zero-order valence-electron chi connectivity index (χ0n) is 51.6. The molecule has 2 aliphatic rings. The lowest BCUT2D eigenvalue weighted by atomic mass is 10.0. The first-order chi connectivity index (χ1) is 44.1. The number of rotatable bonds is 38. The van der Waals surface area contributed by atoms with E-state index in [1.54, 1.807) is 66.7 Å². The van der Waals surface area contributed by atoms with Gasteiger partial charge in [-0.05, 0) is 105 Å².